The van der Waals surface area contributed by atoms with Crippen molar-refractivity contribution in [3.05, 3.63) is 29.8 Å². The standard InChI is InChI=1S/C15H23N3O3S/c1-12-7-4-5-9-14(12)16-15(19)13-8-6-10-18(11-13)22(20,21)17(2)3/h4-5,7,9,13H,6,8,10-11H2,1-3H3,(H,16,19)/t13-/m0/s1. The summed E-state index contributed by atoms with van der Waals surface area (Å²) < 4.78 is 26.9. The fraction of sp³-hybridized carbons (Fsp3) is 0.533. The van der Waals surface area contributed by atoms with Gasteiger partial charge in [0.2, 0.25) is 5.91 Å². The highest BCUT2D eigenvalue weighted by Crippen LogP contribution is 2.22. The van der Waals surface area contributed by atoms with Crippen molar-refractivity contribution in [1.82, 2.24) is 8.61 Å². The summed E-state index contributed by atoms with van der Waals surface area (Å²) in [6, 6.07) is 7.56. The number of anilines is 1. The fourth-order valence-electron chi connectivity index (χ4n) is 2.54. The molecule has 0 spiro atoms. The van der Waals surface area contributed by atoms with Crippen LogP contribution in [0.2, 0.25) is 0 Å². The van der Waals surface area contributed by atoms with Gasteiger partial charge in [0.05, 0.1) is 5.92 Å². The third-order valence-electron chi connectivity index (χ3n) is 3.95. The normalized spacial score (nSPS) is 20.1. The van der Waals surface area contributed by atoms with Crippen LogP contribution in [0.3, 0.4) is 0 Å². The molecule has 1 fully saturated rings. The Morgan fingerprint density at radius 1 is 1.32 bits per heavy atom. The van der Waals surface area contributed by atoms with Crippen LogP contribution in [0, 0.1) is 12.8 Å². The maximum Gasteiger partial charge on any atom is 0.281 e. The molecule has 1 aliphatic heterocycles. The van der Waals surface area contributed by atoms with Crippen molar-refractivity contribution >= 4 is 21.8 Å². The van der Waals surface area contributed by atoms with E-state index in [-0.39, 0.29) is 18.4 Å². The molecule has 0 aromatic heterocycles. The molecule has 22 heavy (non-hydrogen) atoms. The summed E-state index contributed by atoms with van der Waals surface area (Å²) >= 11 is 0. The predicted molar refractivity (Wildman–Crippen MR) is 86.7 cm³/mol. The number of rotatable bonds is 4. The highest BCUT2D eigenvalue weighted by Gasteiger charge is 2.33. The molecule has 1 aromatic carbocycles. The zero-order chi connectivity index (χ0) is 16.3. The summed E-state index contributed by atoms with van der Waals surface area (Å²) in [6.45, 7) is 2.63. The highest BCUT2D eigenvalue weighted by atomic mass is 32.2. The smallest absolute Gasteiger partial charge is 0.281 e. The first-order valence-electron chi connectivity index (χ1n) is 7.36. The summed E-state index contributed by atoms with van der Waals surface area (Å²) in [4.78, 5) is 12.4. The van der Waals surface area contributed by atoms with Crippen LogP contribution in [0.25, 0.3) is 0 Å². The lowest BCUT2D eigenvalue weighted by atomic mass is 9.98. The average molecular weight is 325 g/mol. The number of carbonyl (C=O) groups is 1. The molecule has 7 heteroatoms. The van der Waals surface area contributed by atoms with Crippen molar-refractivity contribution in [2.24, 2.45) is 5.92 Å². The lowest BCUT2D eigenvalue weighted by Crippen LogP contribution is -2.47. The van der Waals surface area contributed by atoms with E-state index >= 15 is 0 Å². The Morgan fingerprint density at radius 2 is 2.00 bits per heavy atom. The van der Waals surface area contributed by atoms with Gasteiger partial charge in [0.15, 0.2) is 0 Å². The Bertz CT molecular complexity index is 643. The molecule has 122 valence electrons. The maximum atomic E-state index is 12.4. The van der Waals surface area contributed by atoms with Crippen molar-refractivity contribution in [2.45, 2.75) is 19.8 Å². The lowest BCUT2D eigenvalue weighted by molar-refractivity contribution is -0.120. The van der Waals surface area contributed by atoms with Crippen molar-refractivity contribution in [3.8, 4) is 0 Å². The second-order valence-corrected chi connectivity index (χ2v) is 7.93. The van der Waals surface area contributed by atoms with E-state index in [1.807, 2.05) is 31.2 Å². The van der Waals surface area contributed by atoms with Gasteiger partial charge in [-0.25, -0.2) is 0 Å². The summed E-state index contributed by atoms with van der Waals surface area (Å²) in [5, 5.41) is 2.91. The van der Waals surface area contributed by atoms with Gasteiger partial charge in [-0.2, -0.15) is 17.0 Å². The van der Waals surface area contributed by atoms with Gasteiger partial charge in [-0.15, -0.1) is 0 Å². The van der Waals surface area contributed by atoms with E-state index in [0.29, 0.717) is 19.4 Å². The minimum Gasteiger partial charge on any atom is -0.326 e. The van der Waals surface area contributed by atoms with Gasteiger partial charge >= 0.3 is 0 Å². The summed E-state index contributed by atoms with van der Waals surface area (Å²) in [7, 11) is -0.448. The van der Waals surface area contributed by atoms with Crippen LogP contribution in [-0.4, -0.2) is 50.1 Å². The number of para-hydroxylation sites is 1. The van der Waals surface area contributed by atoms with Gasteiger partial charge in [0.1, 0.15) is 0 Å². The van der Waals surface area contributed by atoms with E-state index in [1.165, 1.54) is 22.7 Å². The van der Waals surface area contributed by atoms with Crippen LogP contribution >= 0.6 is 0 Å². The quantitative estimate of drug-likeness (QED) is 0.911. The molecule has 0 unspecified atom stereocenters. The zero-order valence-electron chi connectivity index (χ0n) is 13.2. The first-order chi connectivity index (χ1) is 10.3. The second-order valence-electron chi connectivity index (χ2n) is 5.79. The molecule has 1 saturated heterocycles. The molecule has 1 aliphatic rings. The van der Waals surface area contributed by atoms with Gasteiger partial charge in [-0.3, -0.25) is 4.79 Å². The van der Waals surface area contributed by atoms with Crippen LogP contribution in [0.4, 0.5) is 5.69 Å². The second kappa shape index (κ2) is 6.76. The molecule has 1 heterocycles. The number of carbonyl (C=O) groups excluding carboxylic acids is 1. The molecule has 0 aliphatic carbocycles. The number of hydrogen-bond acceptors (Lipinski definition) is 3. The molecular weight excluding hydrogens is 302 g/mol. The van der Waals surface area contributed by atoms with Crippen molar-refractivity contribution in [1.29, 1.82) is 0 Å². The molecule has 2 rings (SSSR count). The van der Waals surface area contributed by atoms with Gasteiger partial charge in [0, 0.05) is 32.9 Å². The van der Waals surface area contributed by atoms with Crippen LogP contribution in [0.1, 0.15) is 18.4 Å². The monoisotopic (exact) mass is 325 g/mol. The number of hydrogen-bond donors (Lipinski definition) is 1. The lowest BCUT2D eigenvalue weighted by Gasteiger charge is -2.32. The molecule has 1 aromatic rings. The Hall–Kier alpha value is -1.44. The summed E-state index contributed by atoms with van der Waals surface area (Å²) in [6.07, 6.45) is 1.40. The minimum absolute atomic E-state index is 0.118. The molecule has 0 bridgehead atoms. The van der Waals surface area contributed by atoms with Crippen LogP contribution in [0.5, 0.6) is 0 Å². The van der Waals surface area contributed by atoms with Crippen molar-refractivity contribution in [3.63, 3.8) is 0 Å². The minimum atomic E-state index is -3.46. The van der Waals surface area contributed by atoms with Crippen molar-refractivity contribution in [2.75, 3.05) is 32.5 Å². The number of nitrogens with zero attached hydrogens (tertiary/aromatic N) is 2. The van der Waals surface area contributed by atoms with E-state index in [0.717, 1.165) is 11.3 Å². The van der Waals surface area contributed by atoms with E-state index in [9.17, 15) is 13.2 Å². The van der Waals surface area contributed by atoms with Crippen molar-refractivity contribution < 1.29 is 13.2 Å². The molecule has 1 N–H and O–H groups in total. The molecular formula is C15H23N3O3S. The van der Waals surface area contributed by atoms with Crippen LogP contribution in [-0.2, 0) is 15.0 Å². The first-order valence-corrected chi connectivity index (χ1v) is 8.76. The third kappa shape index (κ3) is 3.66. The fourth-order valence-corrected chi connectivity index (χ4v) is 3.73. The molecule has 1 atom stereocenters. The average Bonchev–Trinajstić information content (AvgIpc) is 2.49. The SMILES string of the molecule is Cc1ccccc1NC(=O)[C@H]1CCCN(S(=O)(=O)N(C)C)C1. The third-order valence-corrected chi connectivity index (χ3v) is 5.85. The number of amides is 1. The van der Waals surface area contributed by atoms with Crippen LogP contribution < -0.4 is 5.32 Å². The Labute approximate surface area is 132 Å². The first kappa shape index (κ1) is 16.9. The summed E-state index contributed by atoms with van der Waals surface area (Å²) in [5.41, 5.74) is 1.77. The Kier molecular flexibility index (Phi) is 5.20. The largest absolute Gasteiger partial charge is 0.326 e. The Balaban J connectivity index is 2.06. The van der Waals surface area contributed by atoms with Gasteiger partial charge < -0.3 is 5.32 Å². The topological polar surface area (TPSA) is 69.7 Å². The molecule has 0 radical (unpaired) electrons. The molecule has 1 amide bonds. The van der Waals surface area contributed by atoms with E-state index < -0.39 is 10.2 Å². The zero-order valence-corrected chi connectivity index (χ0v) is 14.1. The van der Waals surface area contributed by atoms with Gasteiger partial charge in [0.25, 0.3) is 10.2 Å². The molecule has 0 saturated carbocycles. The number of aryl methyl sites for hydroxylation is 1. The van der Waals surface area contributed by atoms with Gasteiger partial charge in [-0.1, -0.05) is 18.2 Å². The predicted octanol–water partition coefficient (Wildman–Crippen LogP) is 1.45. The van der Waals surface area contributed by atoms with E-state index in [4.69, 9.17) is 0 Å². The molecule has 6 nitrogen and oxygen atoms in total. The van der Waals surface area contributed by atoms with Crippen LogP contribution in [0.15, 0.2) is 24.3 Å². The summed E-state index contributed by atoms with van der Waals surface area (Å²) in [5.74, 6) is -0.434. The number of piperidine rings is 1. The Morgan fingerprint density at radius 3 is 2.64 bits per heavy atom. The maximum absolute atomic E-state index is 12.4. The number of benzene rings is 1. The van der Waals surface area contributed by atoms with E-state index in [2.05, 4.69) is 5.32 Å². The number of nitrogens with one attached hydrogen (secondary N) is 1. The van der Waals surface area contributed by atoms with Gasteiger partial charge in [-0.05, 0) is 31.4 Å². The highest BCUT2D eigenvalue weighted by molar-refractivity contribution is 7.86. The van der Waals surface area contributed by atoms with E-state index in [1.54, 1.807) is 0 Å².